The predicted molar refractivity (Wildman–Crippen MR) is 62.3 cm³/mol. The fraction of sp³-hybridized carbons (Fsp3) is 0.417. The highest BCUT2D eigenvalue weighted by molar-refractivity contribution is 9.10. The molecule has 0 heterocycles. The number of nitrogens with zero attached hydrogens (tertiary/aromatic N) is 1. The van der Waals surface area contributed by atoms with Gasteiger partial charge in [0.2, 0.25) is 0 Å². The summed E-state index contributed by atoms with van der Waals surface area (Å²) in [6.07, 6.45) is 0. The first-order valence-electron chi connectivity index (χ1n) is 4.75. The van der Waals surface area contributed by atoms with Crippen molar-refractivity contribution in [3.05, 3.63) is 33.8 Å². The van der Waals surface area contributed by atoms with Crippen LogP contribution in [0.5, 0.6) is 0 Å². The van der Waals surface area contributed by atoms with Crippen LogP contribution in [0, 0.1) is 11.3 Å². The molecule has 1 rings (SSSR count). The molecule has 74 valence electrons. The minimum Gasteiger partial charge on any atom is -0.198 e. The molecule has 1 aromatic carbocycles. The number of hydrogen-bond donors (Lipinski definition) is 0. The Labute approximate surface area is 93.9 Å². The minimum absolute atomic E-state index is 0.0371. The summed E-state index contributed by atoms with van der Waals surface area (Å²) in [7, 11) is 0. The van der Waals surface area contributed by atoms with E-state index in [4.69, 9.17) is 5.26 Å². The van der Waals surface area contributed by atoms with Gasteiger partial charge in [-0.15, -0.1) is 0 Å². The second-order valence-electron chi connectivity index (χ2n) is 3.78. The summed E-state index contributed by atoms with van der Waals surface area (Å²) in [6.45, 7) is 6.24. The van der Waals surface area contributed by atoms with Crippen LogP contribution in [0.25, 0.3) is 0 Å². The van der Waals surface area contributed by atoms with E-state index in [9.17, 15) is 0 Å². The average Bonchev–Trinajstić information content (AvgIpc) is 2.16. The molecule has 0 radical (unpaired) electrons. The van der Waals surface area contributed by atoms with Gasteiger partial charge in [0.05, 0.1) is 12.0 Å². The van der Waals surface area contributed by atoms with Crippen molar-refractivity contribution in [3.63, 3.8) is 0 Å². The summed E-state index contributed by atoms with van der Waals surface area (Å²) >= 11 is 3.43. The molecule has 0 saturated heterocycles. The van der Waals surface area contributed by atoms with Gasteiger partial charge in [-0.2, -0.15) is 5.26 Å². The normalized spacial score (nSPS) is 12.6. The Morgan fingerprint density at radius 1 is 1.21 bits per heavy atom. The Balaban J connectivity index is 3.24. The van der Waals surface area contributed by atoms with Crippen LogP contribution in [0.2, 0.25) is 0 Å². The molecule has 0 saturated carbocycles. The van der Waals surface area contributed by atoms with Gasteiger partial charge in [-0.3, -0.25) is 0 Å². The van der Waals surface area contributed by atoms with Gasteiger partial charge in [0.15, 0.2) is 0 Å². The van der Waals surface area contributed by atoms with Crippen molar-refractivity contribution in [2.45, 2.75) is 32.6 Å². The van der Waals surface area contributed by atoms with Crippen molar-refractivity contribution >= 4 is 15.9 Å². The molecule has 14 heavy (non-hydrogen) atoms. The Bertz CT molecular complexity index is 363. The lowest BCUT2D eigenvalue weighted by Gasteiger charge is -2.14. The van der Waals surface area contributed by atoms with Gasteiger partial charge in [0, 0.05) is 4.47 Å². The third kappa shape index (κ3) is 2.36. The van der Waals surface area contributed by atoms with E-state index < -0.39 is 0 Å². The zero-order valence-corrected chi connectivity index (χ0v) is 10.3. The van der Waals surface area contributed by atoms with Crippen LogP contribution in [0.15, 0.2) is 22.7 Å². The number of benzene rings is 1. The lowest BCUT2D eigenvalue weighted by Crippen LogP contribution is -1.99. The van der Waals surface area contributed by atoms with Crippen molar-refractivity contribution in [2.75, 3.05) is 0 Å². The van der Waals surface area contributed by atoms with E-state index in [1.165, 1.54) is 5.56 Å². The maximum Gasteiger partial charge on any atom is 0.0701 e. The first kappa shape index (κ1) is 11.3. The molecule has 0 aliphatic carbocycles. The molecular formula is C12H14BrN. The predicted octanol–water partition coefficient (Wildman–Crippen LogP) is 4.20. The highest BCUT2D eigenvalue weighted by Gasteiger charge is 2.12. The number of hydrogen-bond acceptors (Lipinski definition) is 1. The first-order chi connectivity index (χ1) is 6.56. The molecule has 1 aromatic rings. The van der Waals surface area contributed by atoms with E-state index in [1.54, 1.807) is 0 Å². The lowest BCUT2D eigenvalue weighted by molar-refractivity contribution is 0.825. The zero-order valence-electron chi connectivity index (χ0n) is 8.71. The SMILES string of the molecule is CC(C)c1ccc(Br)cc1C(C)C#N. The van der Waals surface area contributed by atoms with Crippen LogP contribution in [0.4, 0.5) is 0 Å². The fourth-order valence-corrected chi connectivity index (χ4v) is 1.89. The molecule has 0 spiro atoms. The van der Waals surface area contributed by atoms with Crippen molar-refractivity contribution in [2.24, 2.45) is 0 Å². The molecular weight excluding hydrogens is 238 g/mol. The van der Waals surface area contributed by atoms with E-state index in [0.717, 1.165) is 10.0 Å². The molecule has 0 aromatic heterocycles. The highest BCUT2D eigenvalue weighted by Crippen LogP contribution is 2.28. The van der Waals surface area contributed by atoms with Gasteiger partial charge >= 0.3 is 0 Å². The Morgan fingerprint density at radius 2 is 1.86 bits per heavy atom. The van der Waals surface area contributed by atoms with Gasteiger partial charge in [0.25, 0.3) is 0 Å². The van der Waals surface area contributed by atoms with E-state index in [0.29, 0.717) is 5.92 Å². The van der Waals surface area contributed by atoms with Crippen LogP contribution < -0.4 is 0 Å². The van der Waals surface area contributed by atoms with Crippen molar-refractivity contribution in [3.8, 4) is 6.07 Å². The van der Waals surface area contributed by atoms with Gasteiger partial charge in [-0.05, 0) is 36.1 Å². The topological polar surface area (TPSA) is 23.8 Å². The Hall–Kier alpha value is -0.810. The summed E-state index contributed by atoms with van der Waals surface area (Å²) in [6, 6.07) is 8.45. The molecule has 0 aliphatic rings. The Kier molecular flexibility index (Phi) is 3.71. The van der Waals surface area contributed by atoms with E-state index in [-0.39, 0.29) is 5.92 Å². The molecule has 0 amide bonds. The molecule has 0 N–H and O–H groups in total. The lowest BCUT2D eigenvalue weighted by atomic mass is 9.91. The third-order valence-corrected chi connectivity index (χ3v) is 2.82. The van der Waals surface area contributed by atoms with Crippen LogP contribution in [0.3, 0.4) is 0 Å². The second kappa shape index (κ2) is 4.61. The zero-order chi connectivity index (χ0) is 10.7. The average molecular weight is 252 g/mol. The maximum atomic E-state index is 8.92. The highest BCUT2D eigenvalue weighted by atomic mass is 79.9. The molecule has 0 fully saturated rings. The van der Waals surface area contributed by atoms with Gasteiger partial charge in [0.1, 0.15) is 0 Å². The summed E-state index contributed by atoms with van der Waals surface area (Å²) < 4.78 is 1.04. The monoisotopic (exact) mass is 251 g/mol. The smallest absolute Gasteiger partial charge is 0.0701 e. The van der Waals surface area contributed by atoms with Crippen LogP contribution in [0.1, 0.15) is 43.7 Å². The molecule has 0 aliphatic heterocycles. The first-order valence-corrected chi connectivity index (χ1v) is 5.54. The molecule has 1 atom stereocenters. The van der Waals surface area contributed by atoms with Crippen LogP contribution in [-0.4, -0.2) is 0 Å². The number of halogens is 1. The molecule has 1 unspecified atom stereocenters. The number of nitriles is 1. The largest absolute Gasteiger partial charge is 0.198 e. The van der Waals surface area contributed by atoms with Crippen LogP contribution >= 0.6 is 15.9 Å². The van der Waals surface area contributed by atoms with E-state index >= 15 is 0 Å². The fourth-order valence-electron chi connectivity index (χ4n) is 1.52. The maximum absolute atomic E-state index is 8.92. The Morgan fingerprint density at radius 3 is 2.36 bits per heavy atom. The number of rotatable bonds is 2. The minimum atomic E-state index is -0.0371. The van der Waals surface area contributed by atoms with E-state index in [1.807, 2.05) is 19.1 Å². The summed E-state index contributed by atoms with van der Waals surface area (Å²) in [4.78, 5) is 0. The van der Waals surface area contributed by atoms with Crippen molar-refractivity contribution in [1.29, 1.82) is 5.26 Å². The van der Waals surface area contributed by atoms with Crippen molar-refractivity contribution in [1.82, 2.24) is 0 Å². The van der Waals surface area contributed by atoms with E-state index in [2.05, 4.69) is 41.9 Å². The summed E-state index contributed by atoms with van der Waals surface area (Å²) in [5.41, 5.74) is 2.40. The summed E-state index contributed by atoms with van der Waals surface area (Å²) in [5, 5.41) is 8.92. The van der Waals surface area contributed by atoms with Gasteiger partial charge in [-0.25, -0.2) is 0 Å². The van der Waals surface area contributed by atoms with Gasteiger partial charge in [-0.1, -0.05) is 35.8 Å². The molecule has 0 bridgehead atoms. The summed E-state index contributed by atoms with van der Waals surface area (Å²) in [5.74, 6) is 0.429. The third-order valence-electron chi connectivity index (χ3n) is 2.33. The van der Waals surface area contributed by atoms with Crippen molar-refractivity contribution < 1.29 is 0 Å². The molecule has 2 heteroatoms. The quantitative estimate of drug-likeness (QED) is 0.773. The van der Waals surface area contributed by atoms with Gasteiger partial charge < -0.3 is 0 Å². The standard InChI is InChI=1S/C12H14BrN/c1-8(2)11-5-4-10(13)6-12(11)9(3)7-14/h4-6,8-9H,1-3H3. The second-order valence-corrected chi connectivity index (χ2v) is 4.69. The molecule has 1 nitrogen and oxygen atoms in total. The van der Waals surface area contributed by atoms with Crippen LogP contribution in [-0.2, 0) is 0 Å².